The van der Waals surface area contributed by atoms with Crippen molar-refractivity contribution in [1.29, 1.82) is 0 Å². The molecule has 0 aromatic heterocycles. The first-order valence-electron chi connectivity index (χ1n) is 8.22. The number of carbonyl (C=O) groups is 1. The van der Waals surface area contributed by atoms with Crippen molar-refractivity contribution < 1.29 is 27.3 Å². The predicted molar refractivity (Wildman–Crippen MR) is 103 cm³/mol. The van der Waals surface area contributed by atoms with Crippen LogP contribution in [0.25, 0.3) is 0 Å². The zero-order valence-corrected chi connectivity index (χ0v) is 15.9. The predicted octanol–water partition coefficient (Wildman–Crippen LogP) is 4.16. The first-order chi connectivity index (χ1) is 13.6. The summed E-state index contributed by atoms with van der Waals surface area (Å²) >= 11 is 0. The van der Waals surface area contributed by atoms with E-state index in [1.165, 1.54) is 60.7 Å². The van der Waals surface area contributed by atoms with Gasteiger partial charge in [0.15, 0.2) is 15.6 Å². The lowest BCUT2D eigenvalue weighted by Gasteiger charge is -2.08. The molecule has 3 rings (SSSR count). The molecule has 0 bridgehead atoms. The van der Waals surface area contributed by atoms with Crippen LogP contribution >= 0.6 is 0 Å². The molecule has 0 saturated carbocycles. The number of hydrogen-bond acceptors (Lipinski definition) is 6. The second-order valence-electron chi connectivity index (χ2n) is 6.12. The van der Waals surface area contributed by atoms with Gasteiger partial charge in [-0.1, -0.05) is 0 Å². The van der Waals surface area contributed by atoms with Crippen LogP contribution in [0, 0.1) is 15.9 Å². The van der Waals surface area contributed by atoms with E-state index in [0.717, 1.165) is 12.3 Å². The van der Waals surface area contributed by atoms with Gasteiger partial charge in [-0.15, -0.1) is 0 Å². The van der Waals surface area contributed by atoms with E-state index in [1.807, 2.05) is 0 Å². The molecule has 3 aromatic rings. The fourth-order valence-electron chi connectivity index (χ4n) is 2.53. The minimum absolute atomic E-state index is 0.139. The van der Waals surface area contributed by atoms with Crippen LogP contribution in [0.4, 0.5) is 10.1 Å². The molecule has 0 N–H and O–H groups in total. The second kappa shape index (κ2) is 7.80. The number of benzene rings is 3. The lowest BCUT2D eigenvalue weighted by molar-refractivity contribution is -0.385. The molecular formula is C20H14FNO6S. The minimum atomic E-state index is -3.61. The summed E-state index contributed by atoms with van der Waals surface area (Å²) in [5, 5.41) is 11.3. The number of nitro groups is 1. The molecule has 9 heteroatoms. The minimum Gasteiger partial charge on any atom is -0.450 e. The zero-order chi connectivity index (χ0) is 21.2. The Labute approximate surface area is 165 Å². The quantitative estimate of drug-likeness (QED) is 0.340. The van der Waals surface area contributed by atoms with E-state index in [9.17, 15) is 27.7 Å². The van der Waals surface area contributed by atoms with Crippen LogP contribution in [-0.2, 0) is 9.84 Å². The molecule has 3 aromatic carbocycles. The fraction of sp³-hybridized carbons (Fsp3) is 0.0500. The Morgan fingerprint density at radius 1 is 0.966 bits per heavy atom. The van der Waals surface area contributed by atoms with Crippen LogP contribution in [0.1, 0.15) is 15.9 Å². The zero-order valence-electron chi connectivity index (χ0n) is 15.0. The maximum absolute atomic E-state index is 13.0. The number of rotatable bonds is 6. The van der Waals surface area contributed by atoms with Crippen LogP contribution in [0.5, 0.6) is 11.5 Å². The maximum Gasteiger partial charge on any atom is 0.312 e. The van der Waals surface area contributed by atoms with Crippen LogP contribution in [0.2, 0.25) is 0 Å². The van der Waals surface area contributed by atoms with E-state index in [-0.39, 0.29) is 22.2 Å². The third-order valence-electron chi connectivity index (χ3n) is 4.01. The summed E-state index contributed by atoms with van der Waals surface area (Å²) in [5.41, 5.74) is 0.136. The number of nitrogens with zero attached hydrogens (tertiary/aromatic N) is 1. The highest BCUT2D eigenvalue weighted by Gasteiger charge is 2.20. The largest absolute Gasteiger partial charge is 0.450 e. The standard InChI is InChI=1S/C20H14FNO6S/c1-29(26,27)17-10-11-19(18(12-17)22(24)25)28-16-8-4-14(5-9-16)20(23)13-2-6-15(21)7-3-13/h2-12H,1H3. The molecule has 0 aliphatic carbocycles. The molecule has 0 spiro atoms. The van der Waals surface area contributed by atoms with Gasteiger partial charge in [0.25, 0.3) is 0 Å². The van der Waals surface area contributed by atoms with E-state index < -0.39 is 26.3 Å². The highest BCUT2D eigenvalue weighted by Crippen LogP contribution is 2.33. The van der Waals surface area contributed by atoms with Gasteiger partial charge in [0, 0.05) is 23.4 Å². The number of halogens is 1. The van der Waals surface area contributed by atoms with Gasteiger partial charge in [-0.05, 0) is 60.7 Å². The van der Waals surface area contributed by atoms with Crippen LogP contribution in [0.3, 0.4) is 0 Å². The van der Waals surface area contributed by atoms with Crippen molar-refractivity contribution >= 4 is 21.3 Å². The van der Waals surface area contributed by atoms with E-state index >= 15 is 0 Å². The summed E-state index contributed by atoms with van der Waals surface area (Å²) in [6.07, 6.45) is 0.948. The Bertz CT molecular complexity index is 1190. The van der Waals surface area contributed by atoms with Crippen LogP contribution in [-0.4, -0.2) is 25.4 Å². The van der Waals surface area contributed by atoms with Crippen LogP contribution in [0.15, 0.2) is 71.6 Å². The molecular weight excluding hydrogens is 401 g/mol. The molecule has 0 radical (unpaired) electrons. The van der Waals surface area contributed by atoms with Gasteiger partial charge < -0.3 is 4.74 Å². The van der Waals surface area contributed by atoms with Crippen LogP contribution < -0.4 is 4.74 Å². The third-order valence-corrected chi connectivity index (χ3v) is 5.12. The Balaban J connectivity index is 1.85. The monoisotopic (exact) mass is 415 g/mol. The molecule has 0 saturated heterocycles. The molecule has 0 atom stereocenters. The Kier molecular flexibility index (Phi) is 5.42. The van der Waals surface area contributed by atoms with Crippen molar-refractivity contribution in [2.24, 2.45) is 0 Å². The molecule has 0 fully saturated rings. The summed E-state index contributed by atoms with van der Waals surface area (Å²) in [7, 11) is -3.61. The molecule has 0 amide bonds. The Morgan fingerprint density at radius 3 is 2.03 bits per heavy atom. The summed E-state index contributed by atoms with van der Waals surface area (Å²) in [6, 6.07) is 14.3. The third kappa shape index (κ3) is 4.64. The molecule has 29 heavy (non-hydrogen) atoms. The SMILES string of the molecule is CS(=O)(=O)c1ccc(Oc2ccc(C(=O)c3ccc(F)cc3)cc2)c([N+](=O)[O-])c1. The molecule has 148 valence electrons. The average molecular weight is 415 g/mol. The molecule has 7 nitrogen and oxygen atoms in total. The highest BCUT2D eigenvalue weighted by molar-refractivity contribution is 7.90. The van der Waals surface area contributed by atoms with Crippen molar-refractivity contribution in [2.45, 2.75) is 4.90 Å². The van der Waals surface area contributed by atoms with Gasteiger partial charge in [-0.2, -0.15) is 0 Å². The van der Waals surface area contributed by atoms with Gasteiger partial charge in [0.1, 0.15) is 11.6 Å². The second-order valence-corrected chi connectivity index (χ2v) is 8.14. The van der Waals surface area contributed by atoms with Gasteiger partial charge in [0.2, 0.25) is 5.75 Å². The number of sulfone groups is 1. The van der Waals surface area contributed by atoms with Crippen molar-refractivity contribution in [2.75, 3.05) is 6.26 Å². The first kappa shape index (κ1) is 20.2. The first-order valence-corrected chi connectivity index (χ1v) is 10.1. The van der Waals surface area contributed by atoms with Crippen molar-refractivity contribution in [3.05, 3.63) is 93.8 Å². The van der Waals surface area contributed by atoms with Crippen molar-refractivity contribution in [3.8, 4) is 11.5 Å². The summed E-state index contributed by atoms with van der Waals surface area (Å²) in [5.74, 6) is -0.690. The molecule has 0 unspecified atom stereocenters. The number of nitro benzene ring substituents is 1. The molecule has 0 heterocycles. The molecule has 0 aliphatic heterocycles. The number of ether oxygens (including phenoxy) is 1. The van der Waals surface area contributed by atoms with Gasteiger partial charge >= 0.3 is 5.69 Å². The van der Waals surface area contributed by atoms with Gasteiger partial charge in [-0.25, -0.2) is 12.8 Å². The van der Waals surface area contributed by atoms with E-state index in [1.54, 1.807) is 0 Å². The maximum atomic E-state index is 13.0. The smallest absolute Gasteiger partial charge is 0.312 e. The lowest BCUT2D eigenvalue weighted by Crippen LogP contribution is -2.02. The summed E-state index contributed by atoms with van der Waals surface area (Å²) in [6.45, 7) is 0. The number of hydrogen-bond donors (Lipinski definition) is 0. The average Bonchev–Trinajstić information content (AvgIpc) is 2.68. The Morgan fingerprint density at radius 2 is 1.52 bits per heavy atom. The van der Waals surface area contributed by atoms with Gasteiger partial charge in [0.05, 0.1) is 9.82 Å². The van der Waals surface area contributed by atoms with Crippen molar-refractivity contribution in [1.82, 2.24) is 0 Å². The summed E-state index contributed by atoms with van der Waals surface area (Å²) < 4.78 is 41.7. The fourth-order valence-corrected chi connectivity index (χ4v) is 3.17. The van der Waals surface area contributed by atoms with Crippen molar-refractivity contribution in [3.63, 3.8) is 0 Å². The van der Waals surface area contributed by atoms with E-state index in [0.29, 0.717) is 11.1 Å². The normalized spacial score (nSPS) is 11.1. The van der Waals surface area contributed by atoms with Gasteiger partial charge in [-0.3, -0.25) is 14.9 Å². The number of ketones is 1. The molecule has 0 aliphatic rings. The van der Waals surface area contributed by atoms with E-state index in [2.05, 4.69) is 0 Å². The van der Waals surface area contributed by atoms with E-state index in [4.69, 9.17) is 4.74 Å². The lowest BCUT2D eigenvalue weighted by atomic mass is 10.0. The Hall–Kier alpha value is -3.59. The number of carbonyl (C=O) groups excluding carboxylic acids is 1. The topological polar surface area (TPSA) is 104 Å². The highest BCUT2D eigenvalue weighted by atomic mass is 32.2. The summed E-state index contributed by atoms with van der Waals surface area (Å²) in [4.78, 5) is 22.7.